The average molecular weight is 402 g/mol. The van der Waals surface area contributed by atoms with E-state index in [0.29, 0.717) is 18.5 Å². The number of nitrogens with zero attached hydrogens (tertiary/aromatic N) is 4. The summed E-state index contributed by atoms with van der Waals surface area (Å²) >= 11 is 1.48. The first kappa shape index (κ1) is 18.8. The quantitative estimate of drug-likeness (QED) is 0.697. The summed E-state index contributed by atoms with van der Waals surface area (Å²) in [6, 6.07) is 2.75. The van der Waals surface area contributed by atoms with Crippen molar-refractivity contribution in [2.75, 3.05) is 7.11 Å². The predicted octanol–water partition coefficient (Wildman–Crippen LogP) is 1.17. The fraction of sp³-hybridized carbons (Fsp3) is 0.526. The summed E-state index contributed by atoms with van der Waals surface area (Å²) in [7, 11) is 1.39. The number of carbonyl (C=O) groups excluding carboxylic acids is 2. The maximum atomic E-state index is 13.1. The lowest BCUT2D eigenvalue weighted by Gasteiger charge is -2.34. The minimum atomic E-state index is -0.785. The standard InChI is InChI=1S/C19H22N4O4S/c1-12-3-6-16(24)22(21-12)9-17(25)23-14-4-5-15(23)19(8-14,18(26)27-2)7-13-10-28-11-20-13/h3,6,10-11,14-15H,4-5,7-9H2,1-2H3/t14-,15+,19+/m1/s1. The van der Waals surface area contributed by atoms with Crippen LogP contribution in [-0.4, -0.2) is 50.7 Å². The number of ether oxygens (including phenoxy) is 1. The zero-order valence-corrected chi connectivity index (χ0v) is 16.6. The Hall–Kier alpha value is -2.55. The van der Waals surface area contributed by atoms with Gasteiger partial charge in [-0.3, -0.25) is 14.4 Å². The molecule has 2 aliphatic rings. The first-order valence-electron chi connectivity index (χ1n) is 9.26. The van der Waals surface area contributed by atoms with Crippen molar-refractivity contribution in [3.05, 3.63) is 44.8 Å². The first-order chi connectivity index (χ1) is 13.4. The van der Waals surface area contributed by atoms with Crippen molar-refractivity contribution in [3.63, 3.8) is 0 Å². The van der Waals surface area contributed by atoms with E-state index in [-0.39, 0.29) is 36.1 Å². The molecule has 4 rings (SSSR count). The fourth-order valence-electron chi connectivity index (χ4n) is 4.77. The fourth-order valence-corrected chi connectivity index (χ4v) is 5.32. The number of amides is 1. The second-order valence-corrected chi connectivity index (χ2v) is 8.25. The van der Waals surface area contributed by atoms with Gasteiger partial charge < -0.3 is 9.64 Å². The highest BCUT2D eigenvalue weighted by atomic mass is 32.1. The van der Waals surface area contributed by atoms with E-state index in [1.165, 1.54) is 29.2 Å². The molecular formula is C19H22N4O4S. The number of thiazole rings is 1. The minimum Gasteiger partial charge on any atom is -0.469 e. The molecule has 0 aliphatic carbocycles. The number of aryl methyl sites for hydroxylation is 1. The van der Waals surface area contributed by atoms with Gasteiger partial charge >= 0.3 is 5.97 Å². The van der Waals surface area contributed by atoms with Gasteiger partial charge in [0.25, 0.3) is 5.56 Å². The van der Waals surface area contributed by atoms with Gasteiger partial charge in [-0.2, -0.15) is 5.10 Å². The van der Waals surface area contributed by atoms with Crippen LogP contribution in [0.15, 0.2) is 27.8 Å². The van der Waals surface area contributed by atoms with E-state index in [9.17, 15) is 14.4 Å². The van der Waals surface area contributed by atoms with Gasteiger partial charge in [-0.1, -0.05) is 0 Å². The van der Waals surface area contributed by atoms with Gasteiger partial charge in [0.15, 0.2) is 0 Å². The molecule has 0 unspecified atom stereocenters. The van der Waals surface area contributed by atoms with Gasteiger partial charge in [-0.05, 0) is 32.3 Å². The van der Waals surface area contributed by atoms with Crippen molar-refractivity contribution < 1.29 is 14.3 Å². The highest BCUT2D eigenvalue weighted by Crippen LogP contribution is 2.52. The van der Waals surface area contributed by atoms with Crippen LogP contribution >= 0.6 is 11.3 Å². The van der Waals surface area contributed by atoms with Crippen molar-refractivity contribution >= 4 is 23.2 Å². The number of fused-ring (bicyclic) bond motifs is 2. The van der Waals surface area contributed by atoms with Crippen molar-refractivity contribution in [2.45, 2.75) is 51.2 Å². The molecule has 2 saturated heterocycles. The van der Waals surface area contributed by atoms with E-state index < -0.39 is 5.41 Å². The molecular weight excluding hydrogens is 380 g/mol. The molecule has 2 fully saturated rings. The van der Waals surface area contributed by atoms with Crippen molar-refractivity contribution in [1.29, 1.82) is 0 Å². The smallest absolute Gasteiger partial charge is 0.314 e. The Balaban J connectivity index is 1.62. The topological polar surface area (TPSA) is 94.4 Å². The lowest BCUT2D eigenvalue weighted by molar-refractivity contribution is -0.155. The molecule has 8 nitrogen and oxygen atoms in total. The Bertz CT molecular complexity index is 957. The van der Waals surface area contributed by atoms with E-state index in [1.807, 2.05) is 5.38 Å². The third-order valence-electron chi connectivity index (χ3n) is 5.89. The van der Waals surface area contributed by atoms with Crippen molar-refractivity contribution in [2.24, 2.45) is 5.41 Å². The second-order valence-electron chi connectivity index (χ2n) is 7.53. The first-order valence-corrected chi connectivity index (χ1v) is 10.2. The van der Waals surface area contributed by atoms with Crippen LogP contribution in [0.1, 0.15) is 30.7 Å². The van der Waals surface area contributed by atoms with Crippen LogP contribution < -0.4 is 5.56 Å². The third-order valence-corrected chi connectivity index (χ3v) is 6.52. The maximum Gasteiger partial charge on any atom is 0.314 e. The summed E-state index contributed by atoms with van der Waals surface area (Å²) in [5.41, 5.74) is 2.15. The summed E-state index contributed by atoms with van der Waals surface area (Å²) in [6.45, 7) is 1.65. The number of aromatic nitrogens is 3. The van der Waals surface area contributed by atoms with Crippen LogP contribution in [0.3, 0.4) is 0 Å². The molecule has 9 heteroatoms. The molecule has 3 atom stereocenters. The molecule has 0 aromatic carbocycles. The highest BCUT2D eigenvalue weighted by Gasteiger charge is 2.62. The molecule has 148 valence electrons. The molecule has 0 saturated carbocycles. The van der Waals surface area contributed by atoms with Gasteiger partial charge in [0.2, 0.25) is 5.91 Å². The number of methoxy groups -OCH3 is 1. The van der Waals surface area contributed by atoms with Crippen LogP contribution in [0, 0.1) is 12.3 Å². The Kier molecular flexibility index (Phi) is 4.78. The van der Waals surface area contributed by atoms with Gasteiger partial charge in [0, 0.05) is 30.0 Å². The number of hydrogen-bond donors (Lipinski definition) is 0. The van der Waals surface area contributed by atoms with E-state index in [1.54, 1.807) is 23.4 Å². The Labute approximate surface area is 166 Å². The third kappa shape index (κ3) is 3.03. The number of rotatable bonds is 5. The van der Waals surface area contributed by atoms with E-state index in [0.717, 1.165) is 18.5 Å². The molecule has 2 aliphatic heterocycles. The average Bonchev–Trinajstić information content (AvgIpc) is 3.39. The van der Waals surface area contributed by atoms with Crippen LogP contribution in [0.2, 0.25) is 0 Å². The normalized spacial score (nSPS) is 25.9. The summed E-state index contributed by atoms with van der Waals surface area (Å²) in [5.74, 6) is -0.479. The zero-order valence-electron chi connectivity index (χ0n) is 15.8. The molecule has 0 radical (unpaired) electrons. The largest absolute Gasteiger partial charge is 0.469 e. The van der Waals surface area contributed by atoms with E-state index in [2.05, 4.69) is 10.1 Å². The Morgan fingerprint density at radius 3 is 2.89 bits per heavy atom. The lowest BCUT2D eigenvalue weighted by atomic mass is 9.71. The van der Waals surface area contributed by atoms with Crippen LogP contribution in [-0.2, 0) is 27.3 Å². The molecule has 0 N–H and O–H groups in total. The lowest BCUT2D eigenvalue weighted by Crippen LogP contribution is -2.48. The van der Waals surface area contributed by atoms with Crippen LogP contribution in [0.4, 0.5) is 0 Å². The number of carbonyl (C=O) groups is 2. The molecule has 4 heterocycles. The number of hydrogen-bond acceptors (Lipinski definition) is 7. The summed E-state index contributed by atoms with van der Waals surface area (Å²) < 4.78 is 6.34. The summed E-state index contributed by atoms with van der Waals surface area (Å²) in [6.07, 6.45) is 2.61. The zero-order chi connectivity index (χ0) is 19.9. The maximum absolute atomic E-state index is 13.1. The van der Waals surface area contributed by atoms with Crippen LogP contribution in [0.25, 0.3) is 0 Å². The predicted molar refractivity (Wildman–Crippen MR) is 102 cm³/mol. The SMILES string of the molecule is COC(=O)[C@@]1(Cc2cscn2)C[C@H]2CC[C@@H]1N2C(=O)Cn1nc(C)ccc1=O. The summed E-state index contributed by atoms with van der Waals surface area (Å²) in [4.78, 5) is 44.1. The van der Waals surface area contributed by atoms with Gasteiger partial charge in [0.1, 0.15) is 6.54 Å². The van der Waals surface area contributed by atoms with E-state index in [4.69, 9.17) is 4.74 Å². The summed E-state index contributed by atoms with van der Waals surface area (Å²) in [5, 5.41) is 6.09. The van der Waals surface area contributed by atoms with Crippen molar-refractivity contribution in [1.82, 2.24) is 19.7 Å². The molecule has 28 heavy (non-hydrogen) atoms. The Morgan fingerprint density at radius 1 is 1.36 bits per heavy atom. The van der Waals surface area contributed by atoms with Crippen molar-refractivity contribution in [3.8, 4) is 0 Å². The monoisotopic (exact) mass is 402 g/mol. The van der Waals surface area contributed by atoms with Crippen LogP contribution in [0.5, 0.6) is 0 Å². The molecule has 2 aromatic rings. The Morgan fingerprint density at radius 2 is 2.18 bits per heavy atom. The molecule has 1 amide bonds. The molecule has 0 spiro atoms. The van der Waals surface area contributed by atoms with Gasteiger partial charge in [0.05, 0.1) is 29.4 Å². The van der Waals surface area contributed by atoms with Gasteiger partial charge in [-0.25, -0.2) is 9.67 Å². The highest BCUT2D eigenvalue weighted by molar-refractivity contribution is 7.07. The number of esters is 1. The second kappa shape index (κ2) is 7.12. The van der Waals surface area contributed by atoms with E-state index >= 15 is 0 Å². The minimum absolute atomic E-state index is 0.0317. The van der Waals surface area contributed by atoms with Gasteiger partial charge in [-0.15, -0.1) is 11.3 Å². The molecule has 2 aromatic heterocycles. The molecule has 2 bridgehead atoms.